The van der Waals surface area contributed by atoms with E-state index in [4.69, 9.17) is 9.47 Å². The summed E-state index contributed by atoms with van der Waals surface area (Å²) in [5.41, 5.74) is 2.86. The first-order valence-electron chi connectivity index (χ1n) is 7.54. The summed E-state index contributed by atoms with van der Waals surface area (Å²) in [5, 5.41) is 3.61. The van der Waals surface area contributed by atoms with Crippen LogP contribution in [0.4, 0.5) is 0 Å². The van der Waals surface area contributed by atoms with Crippen LogP contribution in [0.5, 0.6) is 11.5 Å². The second-order valence-corrected chi connectivity index (χ2v) is 5.40. The van der Waals surface area contributed by atoms with Gasteiger partial charge in [-0.3, -0.25) is 0 Å². The Bertz CT molecular complexity index is 445. The maximum absolute atomic E-state index is 5.83. The van der Waals surface area contributed by atoms with E-state index in [1.807, 2.05) is 0 Å². The lowest BCUT2D eigenvalue weighted by atomic mass is 9.98. The van der Waals surface area contributed by atoms with Gasteiger partial charge in [-0.1, -0.05) is 13.3 Å². The quantitative estimate of drug-likeness (QED) is 0.829. The van der Waals surface area contributed by atoms with E-state index in [2.05, 4.69) is 24.4 Å². The molecule has 0 amide bonds. The standard InChI is InChI=1S/C16H23NO2/c1-2-17-14-7-4-3-6-12-10-15-16(11-13(12)14)19-9-5-8-18-15/h10-11,14,17H,2-9H2,1H3. The SMILES string of the molecule is CCNC1CCCCc2cc3c(cc21)OCCCO3. The lowest BCUT2D eigenvalue weighted by Crippen LogP contribution is -2.21. The van der Waals surface area contributed by atoms with Crippen molar-refractivity contribution in [3.8, 4) is 11.5 Å². The Morgan fingerprint density at radius 2 is 1.89 bits per heavy atom. The van der Waals surface area contributed by atoms with Crippen molar-refractivity contribution in [2.24, 2.45) is 0 Å². The molecule has 3 nitrogen and oxygen atoms in total. The number of aryl methyl sites for hydroxylation is 1. The average Bonchev–Trinajstić information content (AvgIpc) is 2.75. The second-order valence-electron chi connectivity index (χ2n) is 5.40. The molecule has 0 saturated carbocycles. The third kappa shape index (κ3) is 2.71. The van der Waals surface area contributed by atoms with Crippen molar-refractivity contribution in [2.45, 2.75) is 45.1 Å². The Morgan fingerprint density at radius 1 is 1.11 bits per heavy atom. The molecular weight excluding hydrogens is 238 g/mol. The van der Waals surface area contributed by atoms with Crippen molar-refractivity contribution in [3.63, 3.8) is 0 Å². The van der Waals surface area contributed by atoms with Crippen molar-refractivity contribution in [1.29, 1.82) is 0 Å². The van der Waals surface area contributed by atoms with Gasteiger partial charge in [0.2, 0.25) is 0 Å². The topological polar surface area (TPSA) is 30.5 Å². The zero-order valence-corrected chi connectivity index (χ0v) is 11.7. The molecular formula is C16H23NO2. The number of hydrogen-bond donors (Lipinski definition) is 1. The molecule has 104 valence electrons. The van der Waals surface area contributed by atoms with E-state index < -0.39 is 0 Å². The average molecular weight is 261 g/mol. The first-order valence-corrected chi connectivity index (χ1v) is 7.54. The van der Waals surface area contributed by atoms with Crippen molar-refractivity contribution in [1.82, 2.24) is 5.32 Å². The highest BCUT2D eigenvalue weighted by molar-refractivity contribution is 5.49. The van der Waals surface area contributed by atoms with Crippen LogP contribution in [0.1, 0.15) is 49.8 Å². The number of benzene rings is 1. The lowest BCUT2D eigenvalue weighted by molar-refractivity contribution is 0.296. The minimum absolute atomic E-state index is 0.472. The minimum atomic E-state index is 0.472. The van der Waals surface area contributed by atoms with Crippen LogP contribution < -0.4 is 14.8 Å². The highest BCUT2D eigenvalue weighted by Crippen LogP contribution is 2.38. The summed E-state index contributed by atoms with van der Waals surface area (Å²) in [6.07, 6.45) is 5.91. The van der Waals surface area contributed by atoms with Gasteiger partial charge in [-0.2, -0.15) is 0 Å². The molecule has 1 aromatic rings. The largest absolute Gasteiger partial charge is 0.490 e. The Labute approximate surface area is 115 Å². The predicted octanol–water partition coefficient (Wildman–Crippen LogP) is 3.22. The zero-order chi connectivity index (χ0) is 13.1. The fourth-order valence-corrected chi connectivity index (χ4v) is 3.09. The molecule has 1 aromatic carbocycles. The number of fused-ring (bicyclic) bond motifs is 2. The Morgan fingerprint density at radius 3 is 2.68 bits per heavy atom. The second kappa shape index (κ2) is 5.83. The van der Waals surface area contributed by atoms with E-state index in [-0.39, 0.29) is 0 Å². The monoisotopic (exact) mass is 261 g/mol. The van der Waals surface area contributed by atoms with E-state index in [1.165, 1.54) is 30.4 Å². The van der Waals surface area contributed by atoms with Crippen LogP contribution in [0.3, 0.4) is 0 Å². The van der Waals surface area contributed by atoms with Crippen molar-refractivity contribution in [2.75, 3.05) is 19.8 Å². The summed E-state index contributed by atoms with van der Waals surface area (Å²) in [7, 11) is 0. The van der Waals surface area contributed by atoms with Gasteiger partial charge >= 0.3 is 0 Å². The lowest BCUT2D eigenvalue weighted by Gasteiger charge is -2.20. The molecule has 1 unspecified atom stereocenters. The van der Waals surface area contributed by atoms with Crippen LogP contribution in [-0.2, 0) is 6.42 Å². The number of rotatable bonds is 2. The van der Waals surface area contributed by atoms with E-state index in [1.54, 1.807) is 0 Å². The Kier molecular flexibility index (Phi) is 3.92. The summed E-state index contributed by atoms with van der Waals surface area (Å²) in [6, 6.07) is 4.90. The molecule has 1 aliphatic carbocycles. The smallest absolute Gasteiger partial charge is 0.161 e. The van der Waals surface area contributed by atoms with Gasteiger partial charge in [0.25, 0.3) is 0 Å². The maximum atomic E-state index is 5.83. The van der Waals surface area contributed by atoms with E-state index >= 15 is 0 Å². The van der Waals surface area contributed by atoms with Gasteiger partial charge in [-0.05, 0) is 49.1 Å². The van der Waals surface area contributed by atoms with Crippen molar-refractivity contribution >= 4 is 0 Å². The molecule has 1 aliphatic heterocycles. The van der Waals surface area contributed by atoms with E-state index in [0.29, 0.717) is 6.04 Å². The fourth-order valence-electron chi connectivity index (χ4n) is 3.09. The molecule has 0 fully saturated rings. The summed E-state index contributed by atoms with van der Waals surface area (Å²) in [6.45, 7) is 4.71. The molecule has 3 rings (SSSR count). The predicted molar refractivity (Wildman–Crippen MR) is 76.0 cm³/mol. The Balaban J connectivity index is 1.98. The highest BCUT2D eigenvalue weighted by Gasteiger charge is 2.22. The molecule has 1 heterocycles. The van der Waals surface area contributed by atoms with E-state index in [0.717, 1.165) is 44.1 Å². The van der Waals surface area contributed by atoms with Crippen LogP contribution in [0, 0.1) is 0 Å². The van der Waals surface area contributed by atoms with Crippen molar-refractivity contribution < 1.29 is 9.47 Å². The molecule has 0 spiro atoms. The minimum Gasteiger partial charge on any atom is -0.490 e. The maximum Gasteiger partial charge on any atom is 0.161 e. The highest BCUT2D eigenvalue weighted by atomic mass is 16.5. The molecule has 0 aromatic heterocycles. The summed E-state index contributed by atoms with van der Waals surface area (Å²) in [5.74, 6) is 1.87. The van der Waals surface area contributed by atoms with Crippen LogP contribution in [0.2, 0.25) is 0 Å². The summed E-state index contributed by atoms with van der Waals surface area (Å²) >= 11 is 0. The van der Waals surface area contributed by atoms with Crippen LogP contribution in [-0.4, -0.2) is 19.8 Å². The third-order valence-electron chi connectivity index (χ3n) is 4.02. The summed E-state index contributed by atoms with van der Waals surface area (Å²) in [4.78, 5) is 0. The van der Waals surface area contributed by atoms with Gasteiger partial charge in [0.1, 0.15) is 0 Å². The molecule has 0 radical (unpaired) electrons. The zero-order valence-electron chi connectivity index (χ0n) is 11.7. The van der Waals surface area contributed by atoms with Gasteiger partial charge in [0, 0.05) is 12.5 Å². The first-order chi connectivity index (χ1) is 9.38. The fraction of sp³-hybridized carbons (Fsp3) is 0.625. The first kappa shape index (κ1) is 12.8. The molecule has 2 aliphatic rings. The number of ether oxygens (including phenoxy) is 2. The van der Waals surface area contributed by atoms with Gasteiger partial charge in [-0.25, -0.2) is 0 Å². The van der Waals surface area contributed by atoms with Crippen LogP contribution in [0.25, 0.3) is 0 Å². The molecule has 1 N–H and O–H groups in total. The molecule has 0 saturated heterocycles. The van der Waals surface area contributed by atoms with Crippen LogP contribution >= 0.6 is 0 Å². The Hall–Kier alpha value is -1.22. The van der Waals surface area contributed by atoms with Gasteiger partial charge < -0.3 is 14.8 Å². The summed E-state index contributed by atoms with van der Waals surface area (Å²) < 4.78 is 11.6. The van der Waals surface area contributed by atoms with Gasteiger partial charge in [-0.15, -0.1) is 0 Å². The number of hydrogen-bond acceptors (Lipinski definition) is 3. The normalized spacial score (nSPS) is 22.3. The van der Waals surface area contributed by atoms with Gasteiger partial charge in [0.05, 0.1) is 13.2 Å². The third-order valence-corrected chi connectivity index (χ3v) is 4.02. The van der Waals surface area contributed by atoms with Gasteiger partial charge in [0.15, 0.2) is 11.5 Å². The van der Waals surface area contributed by atoms with E-state index in [9.17, 15) is 0 Å². The molecule has 19 heavy (non-hydrogen) atoms. The molecule has 0 bridgehead atoms. The number of nitrogens with one attached hydrogen (secondary N) is 1. The van der Waals surface area contributed by atoms with Crippen LogP contribution in [0.15, 0.2) is 12.1 Å². The molecule has 3 heteroatoms. The molecule has 1 atom stereocenters. The van der Waals surface area contributed by atoms with Crippen molar-refractivity contribution in [3.05, 3.63) is 23.3 Å².